The summed E-state index contributed by atoms with van der Waals surface area (Å²) in [6, 6.07) is 1.97. The summed E-state index contributed by atoms with van der Waals surface area (Å²) in [5.74, 6) is 0.137. The number of thiophene rings is 1. The molecule has 3 rings (SSSR count). The minimum Gasteiger partial charge on any atom is -0.351 e. The molecule has 1 aromatic heterocycles. The third-order valence-electron chi connectivity index (χ3n) is 4.92. The first-order valence-electron chi connectivity index (χ1n) is 9.01. The Morgan fingerprint density at radius 2 is 2.00 bits per heavy atom. The molecule has 1 saturated heterocycles. The molecule has 1 fully saturated rings. The van der Waals surface area contributed by atoms with Gasteiger partial charge in [0, 0.05) is 31.4 Å². The van der Waals surface area contributed by atoms with Crippen molar-refractivity contribution in [2.45, 2.75) is 45.6 Å². The maximum atomic E-state index is 12.3. The van der Waals surface area contributed by atoms with Gasteiger partial charge in [0.1, 0.15) is 0 Å². The van der Waals surface area contributed by atoms with Gasteiger partial charge in [0.25, 0.3) is 5.91 Å². The molecule has 132 valence electrons. The van der Waals surface area contributed by atoms with E-state index in [2.05, 4.69) is 10.2 Å². The standard InChI is InChI=1S/C18H27N3O2S/c1-14(22)21-11-6-16-15(13-21)12-17(24-16)18(23)19-7-5-10-20-8-3-2-4-9-20/h12H,2-11,13H2,1H3,(H,19,23). The molecule has 0 atom stereocenters. The second kappa shape index (κ2) is 8.12. The monoisotopic (exact) mass is 349 g/mol. The van der Waals surface area contributed by atoms with Crippen LogP contribution in [-0.4, -0.2) is 54.3 Å². The summed E-state index contributed by atoms with van der Waals surface area (Å²) < 4.78 is 0. The second-order valence-electron chi connectivity index (χ2n) is 6.76. The Hall–Kier alpha value is -1.40. The molecule has 0 aromatic carbocycles. The van der Waals surface area contributed by atoms with E-state index in [1.165, 1.54) is 37.2 Å². The van der Waals surface area contributed by atoms with Crippen molar-refractivity contribution in [1.29, 1.82) is 0 Å². The van der Waals surface area contributed by atoms with Crippen molar-refractivity contribution in [3.63, 3.8) is 0 Å². The van der Waals surface area contributed by atoms with E-state index < -0.39 is 0 Å². The molecule has 0 saturated carbocycles. The van der Waals surface area contributed by atoms with Crippen molar-refractivity contribution >= 4 is 23.2 Å². The number of piperidine rings is 1. The number of hydrogen-bond acceptors (Lipinski definition) is 4. The molecular weight excluding hydrogens is 322 g/mol. The molecule has 3 heterocycles. The number of carbonyl (C=O) groups is 2. The number of likely N-dealkylation sites (tertiary alicyclic amines) is 1. The number of carbonyl (C=O) groups excluding carboxylic acids is 2. The first-order valence-corrected chi connectivity index (χ1v) is 9.83. The van der Waals surface area contributed by atoms with Crippen LogP contribution >= 0.6 is 11.3 Å². The van der Waals surface area contributed by atoms with Crippen LogP contribution in [0, 0.1) is 0 Å². The van der Waals surface area contributed by atoms with Crippen LogP contribution in [0.3, 0.4) is 0 Å². The Morgan fingerprint density at radius 1 is 1.21 bits per heavy atom. The zero-order valence-electron chi connectivity index (χ0n) is 14.5. The van der Waals surface area contributed by atoms with Gasteiger partial charge in [0.05, 0.1) is 4.88 Å². The van der Waals surface area contributed by atoms with Gasteiger partial charge in [-0.25, -0.2) is 0 Å². The van der Waals surface area contributed by atoms with Crippen LogP contribution in [0.15, 0.2) is 6.07 Å². The number of rotatable bonds is 5. The minimum atomic E-state index is 0.0300. The first-order chi connectivity index (χ1) is 11.6. The number of nitrogens with one attached hydrogen (secondary N) is 1. The molecule has 2 amide bonds. The summed E-state index contributed by atoms with van der Waals surface area (Å²) >= 11 is 1.58. The average molecular weight is 350 g/mol. The van der Waals surface area contributed by atoms with Crippen LogP contribution in [0.1, 0.15) is 52.7 Å². The largest absolute Gasteiger partial charge is 0.351 e. The Kier molecular flexibility index (Phi) is 5.89. The number of fused-ring (bicyclic) bond motifs is 1. The highest BCUT2D eigenvalue weighted by Gasteiger charge is 2.22. The van der Waals surface area contributed by atoms with Crippen LogP contribution < -0.4 is 5.32 Å². The van der Waals surface area contributed by atoms with Crippen LogP contribution in [0.2, 0.25) is 0 Å². The lowest BCUT2D eigenvalue weighted by Crippen LogP contribution is -2.33. The van der Waals surface area contributed by atoms with Crippen molar-refractivity contribution in [2.24, 2.45) is 0 Å². The fourth-order valence-corrected chi connectivity index (χ4v) is 4.57. The van der Waals surface area contributed by atoms with Crippen molar-refractivity contribution in [3.8, 4) is 0 Å². The van der Waals surface area contributed by atoms with Crippen LogP contribution in [0.5, 0.6) is 0 Å². The molecule has 2 aliphatic rings. The van der Waals surface area contributed by atoms with E-state index in [-0.39, 0.29) is 11.8 Å². The smallest absolute Gasteiger partial charge is 0.261 e. The SMILES string of the molecule is CC(=O)N1CCc2sc(C(=O)NCCCN3CCCCC3)cc2C1. The summed E-state index contributed by atoms with van der Waals surface area (Å²) in [6.07, 6.45) is 5.85. The molecule has 0 unspecified atom stereocenters. The van der Waals surface area contributed by atoms with E-state index >= 15 is 0 Å². The molecule has 24 heavy (non-hydrogen) atoms. The molecule has 0 aliphatic carbocycles. The van der Waals surface area contributed by atoms with Crippen LogP contribution in [0.4, 0.5) is 0 Å². The van der Waals surface area contributed by atoms with Crippen LogP contribution in [-0.2, 0) is 17.8 Å². The Balaban J connectivity index is 1.45. The van der Waals surface area contributed by atoms with Gasteiger partial charge in [-0.1, -0.05) is 6.42 Å². The fraction of sp³-hybridized carbons (Fsp3) is 0.667. The van der Waals surface area contributed by atoms with Gasteiger partial charge in [-0.15, -0.1) is 11.3 Å². The molecule has 0 spiro atoms. The summed E-state index contributed by atoms with van der Waals surface area (Å²) in [5.41, 5.74) is 1.14. The first kappa shape index (κ1) is 17.4. The van der Waals surface area contributed by atoms with E-state index in [0.29, 0.717) is 6.54 Å². The molecule has 1 aromatic rings. The topological polar surface area (TPSA) is 52.7 Å². The lowest BCUT2D eigenvalue weighted by Gasteiger charge is -2.26. The van der Waals surface area contributed by atoms with Gasteiger partial charge in [-0.3, -0.25) is 9.59 Å². The molecule has 5 nitrogen and oxygen atoms in total. The third-order valence-corrected chi connectivity index (χ3v) is 6.16. The predicted molar refractivity (Wildman–Crippen MR) is 96.4 cm³/mol. The molecular formula is C18H27N3O2S. The lowest BCUT2D eigenvalue weighted by atomic mass is 10.1. The third kappa shape index (κ3) is 4.36. The van der Waals surface area contributed by atoms with Gasteiger partial charge in [-0.05, 0) is 56.9 Å². The van der Waals surface area contributed by atoms with E-state index in [1.54, 1.807) is 18.3 Å². The van der Waals surface area contributed by atoms with Gasteiger partial charge in [0.2, 0.25) is 5.91 Å². The maximum Gasteiger partial charge on any atom is 0.261 e. The summed E-state index contributed by atoms with van der Waals surface area (Å²) in [4.78, 5) is 30.2. The Labute approximate surface area is 148 Å². The normalized spacial score (nSPS) is 18.3. The quantitative estimate of drug-likeness (QED) is 0.830. The zero-order chi connectivity index (χ0) is 16.9. The molecule has 6 heteroatoms. The van der Waals surface area contributed by atoms with Gasteiger partial charge in [0.15, 0.2) is 0 Å². The number of hydrogen-bond donors (Lipinski definition) is 1. The van der Waals surface area contributed by atoms with Crippen LogP contribution in [0.25, 0.3) is 0 Å². The van der Waals surface area contributed by atoms with E-state index in [4.69, 9.17) is 0 Å². The maximum absolute atomic E-state index is 12.3. The van der Waals surface area contributed by atoms with Gasteiger partial charge in [-0.2, -0.15) is 0 Å². The predicted octanol–water partition coefficient (Wildman–Crippen LogP) is 2.26. The fourth-order valence-electron chi connectivity index (χ4n) is 3.49. The van der Waals surface area contributed by atoms with Gasteiger partial charge >= 0.3 is 0 Å². The number of amides is 2. The highest BCUT2D eigenvalue weighted by Crippen LogP contribution is 2.28. The summed E-state index contributed by atoms with van der Waals surface area (Å²) in [6.45, 7) is 7.24. The Morgan fingerprint density at radius 3 is 2.75 bits per heavy atom. The lowest BCUT2D eigenvalue weighted by molar-refractivity contribution is -0.129. The molecule has 0 bridgehead atoms. The van der Waals surface area contributed by atoms with E-state index in [9.17, 15) is 9.59 Å². The average Bonchev–Trinajstić information content (AvgIpc) is 3.02. The highest BCUT2D eigenvalue weighted by atomic mass is 32.1. The Bertz CT molecular complexity index is 593. The number of nitrogens with zero attached hydrogens (tertiary/aromatic N) is 2. The van der Waals surface area contributed by atoms with Crippen molar-refractivity contribution in [1.82, 2.24) is 15.1 Å². The van der Waals surface area contributed by atoms with E-state index in [0.717, 1.165) is 42.9 Å². The van der Waals surface area contributed by atoms with Crippen molar-refractivity contribution in [2.75, 3.05) is 32.7 Å². The summed E-state index contributed by atoms with van der Waals surface area (Å²) in [7, 11) is 0. The minimum absolute atomic E-state index is 0.0300. The zero-order valence-corrected chi connectivity index (χ0v) is 15.3. The van der Waals surface area contributed by atoms with E-state index in [1.807, 2.05) is 11.0 Å². The molecule has 2 aliphatic heterocycles. The second-order valence-corrected chi connectivity index (χ2v) is 7.90. The molecule has 0 radical (unpaired) electrons. The molecule has 1 N–H and O–H groups in total. The van der Waals surface area contributed by atoms with Crippen molar-refractivity contribution in [3.05, 3.63) is 21.4 Å². The highest BCUT2D eigenvalue weighted by molar-refractivity contribution is 7.14. The van der Waals surface area contributed by atoms with Crippen molar-refractivity contribution < 1.29 is 9.59 Å². The van der Waals surface area contributed by atoms with Gasteiger partial charge < -0.3 is 15.1 Å². The summed E-state index contributed by atoms with van der Waals surface area (Å²) in [5, 5.41) is 3.05.